The number of benzene rings is 3. The van der Waals surface area contributed by atoms with Crippen LogP contribution in [0.25, 0.3) is 6.08 Å². The average molecular weight is 426 g/mol. The Labute approximate surface area is 189 Å². The summed E-state index contributed by atoms with van der Waals surface area (Å²) in [5, 5.41) is 0. The molecule has 32 heavy (non-hydrogen) atoms. The van der Waals surface area contributed by atoms with Gasteiger partial charge in [0.1, 0.15) is 0 Å². The zero-order valence-corrected chi connectivity index (χ0v) is 18.6. The van der Waals surface area contributed by atoms with Crippen LogP contribution in [0, 0.1) is 0 Å². The fourth-order valence-electron chi connectivity index (χ4n) is 3.58. The van der Waals surface area contributed by atoms with Crippen molar-refractivity contribution in [3.05, 3.63) is 96.3 Å². The van der Waals surface area contributed by atoms with Crippen molar-refractivity contribution in [1.29, 1.82) is 0 Å². The Morgan fingerprint density at radius 3 is 1.91 bits per heavy atom. The van der Waals surface area contributed by atoms with E-state index in [0.29, 0.717) is 18.3 Å². The van der Waals surface area contributed by atoms with Crippen molar-refractivity contribution in [2.75, 3.05) is 11.4 Å². The van der Waals surface area contributed by atoms with Crippen molar-refractivity contribution in [3.63, 3.8) is 0 Å². The third-order valence-electron chi connectivity index (χ3n) is 5.05. The summed E-state index contributed by atoms with van der Waals surface area (Å²) in [6.45, 7) is 6.35. The van der Waals surface area contributed by atoms with Gasteiger partial charge in [-0.25, -0.2) is 4.99 Å². The highest BCUT2D eigenvalue weighted by atomic mass is 16.5. The van der Waals surface area contributed by atoms with Gasteiger partial charge in [0.05, 0.1) is 0 Å². The molecule has 5 heteroatoms. The van der Waals surface area contributed by atoms with Crippen molar-refractivity contribution < 1.29 is 9.53 Å². The molecule has 0 aliphatic carbocycles. The van der Waals surface area contributed by atoms with Crippen LogP contribution in [0.2, 0.25) is 0 Å². The monoisotopic (exact) mass is 425 g/mol. The second-order valence-corrected chi connectivity index (χ2v) is 7.76. The molecule has 3 aromatic carbocycles. The summed E-state index contributed by atoms with van der Waals surface area (Å²) in [7, 11) is 0. The molecule has 0 unspecified atom stereocenters. The predicted octanol–water partition coefficient (Wildman–Crippen LogP) is 6.14. The number of rotatable bonds is 6. The largest absolute Gasteiger partial charge is 0.420 e. The number of likely N-dealkylation sites (N-methyl/N-ethyl adjacent to an activating group) is 1. The van der Waals surface area contributed by atoms with E-state index in [1.165, 1.54) is 0 Å². The molecule has 0 aromatic heterocycles. The van der Waals surface area contributed by atoms with Gasteiger partial charge in [-0.1, -0.05) is 48.5 Å². The van der Waals surface area contributed by atoms with E-state index in [4.69, 9.17) is 4.74 Å². The van der Waals surface area contributed by atoms with Gasteiger partial charge in [-0.15, -0.1) is 0 Å². The number of anilines is 3. The molecule has 0 spiro atoms. The van der Waals surface area contributed by atoms with Crippen molar-refractivity contribution in [2.45, 2.75) is 26.8 Å². The lowest BCUT2D eigenvalue weighted by molar-refractivity contribution is -0.122. The van der Waals surface area contributed by atoms with Crippen molar-refractivity contribution in [1.82, 2.24) is 4.90 Å². The smallest absolute Gasteiger partial charge is 0.300 e. The van der Waals surface area contributed by atoms with Crippen LogP contribution in [0.4, 0.5) is 17.1 Å². The number of aliphatic imine (C=N–C) groups is 1. The number of nitrogens with zero attached hydrogens (tertiary/aromatic N) is 3. The van der Waals surface area contributed by atoms with Crippen LogP contribution in [-0.4, -0.2) is 29.4 Å². The van der Waals surface area contributed by atoms with Crippen LogP contribution in [-0.2, 0) is 9.53 Å². The predicted molar refractivity (Wildman–Crippen MR) is 130 cm³/mol. The maximum absolute atomic E-state index is 12.7. The van der Waals surface area contributed by atoms with Crippen molar-refractivity contribution >= 4 is 35.1 Å². The number of amidine groups is 1. The highest BCUT2D eigenvalue weighted by Crippen LogP contribution is 2.34. The molecule has 3 aromatic rings. The van der Waals surface area contributed by atoms with Gasteiger partial charge >= 0.3 is 6.02 Å². The molecule has 1 aliphatic heterocycles. The minimum atomic E-state index is -0.161. The lowest BCUT2D eigenvalue weighted by Gasteiger charge is -2.25. The maximum atomic E-state index is 12.7. The van der Waals surface area contributed by atoms with Crippen molar-refractivity contribution in [2.24, 2.45) is 4.99 Å². The van der Waals surface area contributed by atoms with Crippen LogP contribution < -0.4 is 4.90 Å². The first-order valence-corrected chi connectivity index (χ1v) is 10.9. The van der Waals surface area contributed by atoms with Gasteiger partial charge in [-0.3, -0.25) is 9.69 Å². The van der Waals surface area contributed by atoms with E-state index in [2.05, 4.69) is 34.2 Å². The van der Waals surface area contributed by atoms with Gasteiger partial charge in [0.15, 0.2) is 5.76 Å². The molecule has 0 bridgehead atoms. The van der Waals surface area contributed by atoms with Crippen LogP contribution in [0.5, 0.6) is 0 Å². The fraction of sp³-hybridized carbons (Fsp3) is 0.185. The van der Waals surface area contributed by atoms with Gasteiger partial charge in [-0.05, 0) is 68.8 Å². The topological polar surface area (TPSA) is 45.1 Å². The molecule has 1 heterocycles. The normalized spacial score (nSPS) is 16.1. The summed E-state index contributed by atoms with van der Waals surface area (Å²) in [6.07, 6.45) is 1.77. The third-order valence-corrected chi connectivity index (χ3v) is 5.05. The van der Waals surface area contributed by atoms with Crippen molar-refractivity contribution in [3.8, 4) is 0 Å². The molecule has 0 saturated carbocycles. The molecule has 0 radical (unpaired) electrons. The van der Waals surface area contributed by atoms with Gasteiger partial charge < -0.3 is 9.64 Å². The van der Waals surface area contributed by atoms with Crippen LogP contribution in [0.15, 0.2) is 95.7 Å². The summed E-state index contributed by atoms with van der Waals surface area (Å²) < 4.78 is 5.79. The Hall–Kier alpha value is -3.86. The van der Waals surface area contributed by atoms with Gasteiger partial charge in [0.2, 0.25) is 0 Å². The number of carbonyl (C=O) groups is 1. The molecule has 0 atom stereocenters. The third kappa shape index (κ3) is 4.57. The summed E-state index contributed by atoms with van der Waals surface area (Å²) in [4.78, 5) is 20.9. The molecular formula is C27H27N3O2. The molecule has 4 rings (SSSR count). The Morgan fingerprint density at radius 1 is 0.875 bits per heavy atom. The Kier molecular flexibility index (Phi) is 6.36. The number of carbonyl (C=O) groups excluding carboxylic acids is 1. The van der Waals surface area contributed by atoms with E-state index in [9.17, 15) is 4.79 Å². The first-order valence-electron chi connectivity index (χ1n) is 10.9. The van der Waals surface area contributed by atoms with Crippen LogP contribution in [0.1, 0.15) is 26.3 Å². The minimum absolute atomic E-state index is 0.0486. The fourth-order valence-corrected chi connectivity index (χ4v) is 3.58. The minimum Gasteiger partial charge on any atom is -0.420 e. The molecule has 1 saturated heterocycles. The first-order chi connectivity index (χ1) is 15.6. The molecule has 1 aliphatic rings. The van der Waals surface area contributed by atoms with E-state index >= 15 is 0 Å². The van der Waals surface area contributed by atoms with E-state index < -0.39 is 0 Å². The SMILES string of the molecule is CCN1C(=O)/C(=C\c2ccc(N(c3ccccc3)c3ccccc3)cc2)OC1=NC(C)C. The van der Waals surface area contributed by atoms with E-state index in [0.717, 1.165) is 22.6 Å². The van der Waals surface area contributed by atoms with E-state index in [1.807, 2.05) is 81.4 Å². The van der Waals surface area contributed by atoms with Crippen LogP contribution in [0.3, 0.4) is 0 Å². The quantitative estimate of drug-likeness (QED) is 0.446. The maximum Gasteiger partial charge on any atom is 0.300 e. The van der Waals surface area contributed by atoms with Gasteiger partial charge in [0, 0.05) is 29.6 Å². The molecular weight excluding hydrogens is 398 g/mol. The zero-order chi connectivity index (χ0) is 22.5. The van der Waals surface area contributed by atoms with Gasteiger partial charge in [-0.2, -0.15) is 0 Å². The molecule has 1 fully saturated rings. The summed E-state index contributed by atoms with van der Waals surface area (Å²) in [6, 6.07) is 29.0. The molecule has 162 valence electrons. The average Bonchev–Trinajstić information content (AvgIpc) is 3.09. The lowest BCUT2D eigenvalue weighted by atomic mass is 10.1. The number of ether oxygens (including phenoxy) is 1. The summed E-state index contributed by atoms with van der Waals surface area (Å²) >= 11 is 0. The van der Waals surface area contributed by atoms with Crippen LogP contribution >= 0.6 is 0 Å². The zero-order valence-electron chi connectivity index (χ0n) is 18.6. The summed E-state index contributed by atoms with van der Waals surface area (Å²) in [5.41, 5.74) is 4.07. The van der Waals surface area contributed by atoms with E-state index in [1.54, 1.807) is 11.0 Å². The highest BCUT2D eigenvalue weighted by molar-refractivity contribution is 6.11. The highest BCUT2D eigenvalue weighted by Gasteiger charge is 2.33. The molecule has 1 amide bonds. The first kappa shape index (κ1) is 21.4. The Bertz CT molecular complexity index is 1080. The number of hydrogen-bond acceptors (Lipinski definition) is 4. The second kappa shape index (κ2) is 9.52. The Balaban J connectivity index is 1.64. The molecule has 5 nitrogen and oxygen atoms in total. The Morgan fingerprint density at radius 2 is 1.41 bits per heavy atom. The molecule has 0 N–H and O–H groups in total. The lowest BCUT2D eigenvalue weighted by Crippen LogP contribution is -2.30. The number of hydrogen-bond donors (Lipinski definition) is 0. The van der Waals surface area contributed by atoms with E-state index in [-0.39, 0.29) is 11.9 Å². The summed E-state index contributed by atoms with van der Waals surface area (Å²) in [5.74, 6) is 0.133. The standard InChI is InChI=1S/C27H27N3O2/c1-4-29-26(31)25(32-27(29)28-20(2)3)19-21-15-17-24(18-16-21)30(22-11-7-5-8-12-22)23-13-9-6-10-14-23/h5-20H,4H2,1-3H3/b25-19+,28-27?. The number of para-hydroxylation sites is 2. The van der Waals surface area contributed by atoms with Gasteiger partial charge in [0.25, 0.3) is 5.91 Å². The second-order valence-electron chi connectivity index (χ2n) is 7.76. The number of amides is 1.